The first-order chi connectivity index (χ1) is 9.69. The molecule has 0 heterocycles. The lowest BCUT2D eigenvalue weighted by atomic mass is 9.86. The van der Waals surface area contributed by atoms with Gasteiger partial charge in [-0.15, -0.1) is 0 Å². The van der Waals surface area contributed by atoms with Crippen molar-refractivity contribution in [1.82, 2.24) is 0 Å². The van der Waals surface area contributed by atoms with E-state index in [0.29, 0.717) is 11.5 Å². The molecule has 1 aliphatic rings. The molecule has 2 nitrogen and oxygen atoms in total. The van der Waals surface area contributed by atoms with Crippen LogP contribution in [-0.2, 0) is 4.79 Å². The summed E-state index contributed by atoms with van der Waals surface area (Å²) < 4.78 is 0. The third kappa shape index (κ3) is 6.11. The lowest BCUT2D eigenvalue weighted by molar-refractivity contribution is -0.133. The normalized spacial score (nSPS) is 20.1. The van der Waals surface area contributed by atoms with Crippen molar-refractivity contribution in [3.05, 3.63) is 11.6 Å². The summed E-state index contributed by atoms with van der Waals surface area (Å²) in [5, 5.41) is 9.49. The van der Waals surface area contributed by atoms with Gasteiger partial charge in [0, 0.05) is 5.57 Å². The van der Waals surface area contributed by atoms with Crippen molar-refractivity contribution in [1.29, 1.82) is 0 Å². The summed E-state index contributed by atoms with van der Waals surface area (Å²) in [5.41, 5.74) is 0.678. The third-order valence-electron chi connectivity index (χ3n) is 4.74. The second kappa shape index (κ2) is 10.0. The predicted octanol–water partition coefficient (Wildman–Crippen LogP) is 5.57. The Hall–Kier alpha value is -0.790. The van der Waals surface area contributed by atoms with Crippen molar-refractivity contribution in [2.24, 2.45) is 11.8 Å². The van der Waals surface area contributed by atoms with Crippen LogP contribution in [0.1, 0.15) is 84.5 Å². The van der Waals surface area contributed by atoms with E-state index in [1.165, 1.54) is 57.8 Å². The van der Waals surface area contributed by atoms with E-state index in [-0.39, 0.29) is 5.92 Å². The van der Waals surface area contributed by atoms with Crippen LogP contribution in [0.5, 0.6) is 0 Å². The van der Waals surface area contributed by atoms with Gasteiger partial charge in [0.1, 0.15) is 0 Å². The third-order valence-corrected chi connectivity index (χ3v) is 4.74. The van der Waals surface area contributed by atoms with Crippen LogP contribution >= 0.6 is 0 Å². The number of rotatable bonds is 5. The summed E-state index contributed by atoms with van der Waals surface area (Å²) in [4.78, 5) is 11.5. The fraction of sp³-hybridized carbons (Fsp3) is 0.833. The molecule has 0 unspecified atom stereocenters. The number of allylic oxidation sites excluding steroid dienone is 1. The van der Waals surface area contributed by atoms with Crippen LogP contribution in [0.4, 0.5) is 0 Å². The standard InChI is InChI=1S/C18H32O2/c1-3-16(4-2)17(18(19)20)14-15-12-10-8-6-5-7-9-11-13-15/h14-16H,3-13H2,1-2H3,(H,19,20). The largest absolute Gasteiger partial charge is 0.478 e. The number of aliphatic carboxylic acids is 1. The van der Waals surface area contributed by atoms with E-state index in [0.717, 1.165) is 12.8 Å². The van der Waals surface area contributed by atoms with Crippen molar-refractivity contribution in [2.75, 3.05) is 0 Å². The number of hydrogen-bond donors (Lipinski definition) is 1. The molecule has 1 rings (SSSR count). The van der Waals surface area contributed by atoms with Crippen molar-refractivity contribution in [3.63, 3.8) is 0 Å². The zero-order chi connectivity index (χ0) is 14.8. The molecule has 1 aliphatic carbocycles. The first kappa shape index (κ1) is 17.3. The van der Waals surface area contributed by atoms with Crippen LogP contribution in [0, 0.1) is 11.8 Å². The zero-order valence-corrected chi connectivity index (χ0v) is 13.4. The molecule has 1 fully saturated rings. The van der Waals surface area contributed by atoms with Crippen LogP contribution in [-0.4, -0.2) is 11.1 Å². The molecule has 116 valence electrons. The van der Waals surface area contributed by atoms with E-state index < -0.39 is 5.97 Å². The van der Waals surface area contributed by atoms with Gasteiger partial charge in [-0.1, -0.05) is 64.9 Å². The minimum Gasteiger partial charge on any atom is -0.478 e. The minimum atomic E-state index is -0.698. The van der Waals surface area contributed by atoms with Crippen LogP contribution in [0.3, 0.4) is 0 Å². The van der Waals surface area contributed by atoms with Gasteiger partial charge in [0.05, 0.1) is 0 Å². The molecular formula is C18H32O2. The monoisotopic (exact) mass is 280 g/mol. The van der Waals surface area contributed by atoms with Crippen molar-refractivity contribution in [2.45, 2.75) is 84.5 Å². The van der Waals surface area contributed by atoms with E-state index >= 15 is 0 Å². The summed E-state index contributed by atoms with van der Waals surface area (Å²) >= 11 is 0. The van der Waals surface area contributed by atoms with E-state index in [2.05, 4.69) is 19.9 Å². The molecule has 0 spiro atoms. The molecule has 20 heavy (non-hydrogen) atoms. The van der Waals surface area contributed by atoms with Gasteiger partial charge in [0.25, 0.3) is 0 Å². The van der Waals surface area contributed by atoms with Crippen LogP contribution in [0.25, 0.3) is 0 Å². The molecule has 0 aromatic carbocycles. The quantitative estimate of drug-likeness (QED) is 0.668. The van der Waals surface area contributed by atoms with Crippen molar-refractivity contribution in [3.8, 4) is 0 Å². The highest BCUT2D eigenvalue weighted by Crippen LogP contribution is 2.27. The zero-order valence-electron chi connectivity index (χ0n) is 13.4. The highest BCUT2D eigenvalue weighted by molar-refractivity contribution is 5.87. The lowest BCUT2D eigenvalue weighted by Gasteiger charge is -2.19. The molecule has 0 atom stereocenters. The average molecular weight is 280 g/mol. The van der Waals surface area contributed by atoms with E-state index in [1.807, 2.05) is 0 Å². The molecule has 0 aromatic heterocycles. The summed E-state index contributed by atoms with van der Waals surface area (Å²) in [6, 6.07) is 0. The van der Waals surface area contributed by atoms with Crippen LogP contribution in [0.15, 0.2) is 11.6 Å². The molecule has 2 heteroatoms. The summed E-state index contributed by atoms with van der Waals surface area (Å²) in [7, 11) is 0. The van der Waals surface area contributed by atoms with E-state index in [9.17, 15) is 9.90 Å². The number of carbonyl (C=O) groups is 1. The summed E-state index contributed by atoms with van der Waals surface area (Å²) in [6.45, 7) is 4.19. The maximum atomic E-state index is 11.5. The molecule has 0 aromatic rings. The molecule has 1 N–H and O–H groups in total. The van der Waals surface area contributed by atoms with Gasteiger partial charge in [-0.05, 0) is 37.5 Å². The summed E-state index contributed by atoms with van der Waals surface area (Å²) in [5.74, 6) is 0.0125. The molecule has 1 saturated carbocycles. The Morgan fingerprint density at radius 3 is 1.85 bits per heavy atom. The molecule has 0 aliphatic heterocycles. The minimum absolute atomic E-state index is 0.225. The molecule has 0 bridgehead atoms. The maximum Gasteiger partial charge on any atom is 0.331 e. The van der Waals surface area contributed by atoms with Gasteiger partial charge >= 0.3 is 5.97 Å². The Morgan fingerprint density at radius 1 is 1.00 bits per heavy atom. The Balaban J connectivity index is 2.74. The average Bonchev–Trinajstić information content (AvgIpc) is 2.45. The van der Waals surface area contributed by atoms with Gasteiger partial charge in [-0.25, -0.2) is 4.79 Å². The van der Waals surface area contributed by atoms with Gasteiger partial charge in [0.2, 0.25) is 0 Å². The van der Waals surface area contributed by atoms with Crippen molar-refractivity contribution >= 4 is 5.97 Å². The predicted molar refractivity (Wildman–Crippen MR) is 84.8 cm³/mol. The van der Waals surface area contributed by atoms with Gasteiger partial charge in [-0.2, -0.15) is 0 Å². The number of hydrogen-bond acceptors (Lipinski definition) is 1. The second-order valence-electron chi connectivity index (χ2n) is 6.25. The SMILES string of the molecule is CCC(CC)C(=CC1CCCCCCCCC1)C(=O)O. The fourth-order valence-corrected chi connectivity index (χ4v) is 3.37. The summed E-state index contributed by atoms with van der Waals surface area (Å²) in [6.07, 6.45) is 15.6. The van der Waals surface area contributed by atoms with Gasteiger partial charge in [-0.3, -0.25) is 0 Å². The van der Waals surface area contributed by atoms with E-state index in [4.69, 9.17) is 0 Å². The topological polar surface area (TPSA) is 37.3 Å². The lowest BCUT2D eigenvalue weighted by Crippen LogP contribution is -2.14. The van der Waals surface area contributed by atoms with Crippen molar-refractivity contribution < 1.29 is 9.90 Å². The second-order valence-corrected chi connectivity index (χ2v) is 6.25. The van der Waals surface area contributed by atoms with Gasteiger partial charge in [0.15, 0.2) is 0 Å². The number of carboxylic acids is 1. The maximum absolute atomic E-state index is 11.5. The molecule has 0 radical (unpaired) electrons. The Labute approximate surface area is 124 Å². The first-order valence-electron chi connectivity index (χ1n) is 8.64. The Kier molecular flexibility index (Phi) is 8.64. The highest BCUT2D eigenvalue weighted by Gasteiger charge is 2.19. The van der Waals surface area contributed by atoms with Crippen LogP contribution < -0.4 is 0 Å². The highest BCUT2D eigenvalue weighted by atomic mass is 16.4. The van der Waals surface area contributed by atoms with Crippen LogP contribution in [0.2, 0.25) is 0 Å². The smallest absolute Gasteiger partial charge is 0.331 e. The molecule has 0 amide bonds. The van der Waals surface area contributed by atoms with E-state index in [1.54, 1.807) is 0 Å². The Bertz CT molecular complexity index is 293. The van der Waals surface area contributed by atoms with Gasteiger partial charge < -0.3 is 5.11 Å². The number of carboxylic acid groups (broad SMARTS) is 1. The molecular weight excluding hydrogens is 248 g/mol. The Morgan fingerprint density at radius 2 is 1.45 bits per heavy atom. The fourth-order valence-electron chi connectivity index (χ4n) is 3.37. The first-order valence-corrected chi connectivity index (χ1v) is 8.64. The molecule has 0 saturated heterocycles.